The molecule has 6 heteroatoms. The third-order valence-corrected chi connectivity index (χ3v) is 4.63. The molecule has 3 aromatic rings. The van der Waals surface area contributed by atoms with E-state index < -0.39 is 22.7 Å². The fourth-order valence-electron chi connectivity index (χ4n) is 3.40. The Labute approximate surface area is 165 Å². The standard InChI is InChI=1S/C23H14O6/c24-10-17-18(11-25)20(13-27)22(23(28)29)21(19(17)12-26)16-9-5-4-8-15(16)14-6-2-1-3-7-14/h1-13H,(H,28,29). The second kappa shape index (κ2) is 8.22. The van der Waals surface area contributed by atoms with Gasteiger partial charge in [0.25, 0.3) is 0 Å². The number of carboxylic acid groups (broad SMARTS) is 1. The minimum Gasteiger partial charge on any atom is -0.478 e. The van der Waals surface area contributed by atoms with Crippen LogP contribution in [0.25, 0.3) is 22.3 Å². The molecule has 0 fully saturated rings. The summed E-state index contributed by atoms with van der Waals surface area (Å²) < 4.78 is 0. The molecule has 0 aliphatic carbocycles. The second-order valence-corrected chi connectivity index (χ2v) is 6.09. The van der Waals surface area contributed by atoms with Crippen LogP contribution < -0.4 is 0 Å². The van der Waals surface area contributed by atoms with Gasteiger partial charge >= 0.3 is 5.97 Å². The summed E-state index contributed by atoms with van der Waals surface area (Å²) in [6.07, 6.45) is 1.03. The summed E-state index contributed by atoms with van der Waals surface area (Å²) in [5.41, 5.74) is -0.328. The number of benzene rings is 3. The Morgan fingerprint density at radius 1 is 0.621 bits per heavy atom. The van der Waals surface area contributed by atoms with Crippen molar-refractivity contribution >= 4 is 31.1 Å². The average Bonchev–Trinajstić information content (AvgIpc) is 2.77. The van der Waals surface area contributed by atoms with E-state index in [1.54, 1.807) is 48.5 Å². The van der Waals surface area contributed by atoms with Crippen molar-refractivity contribution in [3.63, 3.8) is 0 Å². The monoisotopic (exact) mass is 386 g/mol. The van der Waals surface area contributed by atoms with Crippen molar-refractivity contribution in [3.05, 3.63) is 82.4 Å². The molecule has 0 aliphatic heterocycles. The van der Waals surface area contributed by atoms with Gasteiger partial charge in [-0.15, -0.1) is 0 Å². The molecule has 0 saturated heterocycles. The van der Waals surface area contributed by atoms with E-state index >= 15 is 0 Å². The Bertz CT molecular complexity index is 1150. The largest absolute Gasteiger partial charge is 0.478 e. The molecule has 0 spiro atoms. The number of hydrogen-bond acceptors (Lipinski definition) is 5. The highest BCUT2D eigenvalue weighted by Gasteiger charge is 2.28. The van der Waals surface area contributed by atoms with Crippen molar-refractivity contribution in [2.24, 2.45) is 0 Å². The van der Waals surface area contributed by atoms with E-state index in [9.17, 15) is 29.1 Å². The molecule has 0 radical (unpaired) electrons. The van der Waals surface area contributed by atoms with Crippen LogP contribution in [0.3, 0.4) is 0 Å². The van der Waals surface area contributed by atoms with Crippen molar-refractivity contribution < 1.29 is 29.1 Å². The normalized spacial score (nSPS) is 10.2. The molecule has 3 rings (SSSR count). The summed E-state index contributed by atoms with van der Waals surface area (Å²) in [7, 11) is 0. The van der Waals surface area contributed by atoms with E-state index in [1.165, 1.54) is 0 Å². The summed E-state index contributed by atoms with van der Waals surface area (Å²) in [5, 5.41) is 9.82. The van der Waals surface area contributed by atoms with Gasteiger partial charge in [-0.1, -0.05) is 54.6 Å². The highest BCUT2D eigenvalue weighted by molar-refractivity contribution is 6.16. The highest BCUT2D eigenvalue weighted by atomic mass is 16.4. The first kappa shape index (κ1) is 19.6. The third-order valence-electron chi connectivity index (χ3n) is 4.63. The quantitative estimate of drug-likeness (QED) is 0.616. The van der Waals surface area contributed by atoms with Crippen LogP contribution in [0.4, 0.5) is 0 Å². The van der Waals surface area contributed by atoms with Gasteiger partial charge in [-0.05, 0) is 16.7 Å². The van der Waals surface area contributed by atoms with Crippen molar-refractivity contribution in [1.29, 1.82) is 0 Å². The van der Waals surface area contributed by atoms with Gasteiger partial charge in [0.2, 0.25) is 0 Å². The molecule has 142 valence electrons. The lowest BCUT2D eigenvalue weighted by Gasteiger charge is -2.18. The summed E-state index contributed by atoms with van der Waals surface area (Å²) in [6, 6.07) is 15.8. The second-order valence-electron chi connectivity index (χ2n) is 6.09. The van der Waals surface area contributed by atoms with Gasteiger partial charge in [-0.3, -0.25) is 19.2 Å². The van der Waals surface area contributed by atoms with Crippen molar-refractivity contribution in [2.45, 2.75) is 0 Å². The topological polar surface area (TPSA) is 106 Å². The van der Waals surface area contributed by atoms with E-state index in [0.717, 1.165) is 5.56 Å². The zero-order valence-corrected chi connectivity index (χ0v) is 15.0. The van der Waals surface area contributed by atoms with Crippen LogP contribution in [0.1, 0.15) is 51.8 Å². The van der Waals surface area contributed by atoms with E-state index in [1.807, 2.05) is 6.07 Å². The van der Waals surface area contributed by atoms with E-state index in [0.29, 0.717) is 17.4 Å². The Kier molecular flexibility index (Phi) is 5.55. The molecule has 3 aromatic carbocycles. The van der Waals surface area contributed by atoms with Crippen LogP contribution in [0.5, 0.6) is 0 Å². The minimum atomic E-state index is -1.49. The first-order valence-corrected chi connectivity index (χ1v) is 8.51. The molecule has 0 saturated carbocycles. The van der Waals surface area contributed by atoms with E-state index in [-0.39, 0.29) is 35.5 Å². The van der Waals surface area contributed by atoms with Crippen LogP contribution in [0.15, 0.2) is 54.6 Å². The molecular weight excluding hydrogens is 372 g/mol. The summed E-state index contributed by atoms with van der Waals surface area (Å²) in [5.74, 6) is -1.49. The smallest absolute Gasteiger partial charge is 0.337 e. The Morgan fingerprint density at radius 2 is 1.10 bits per heavy atom. The molecule has 0 unspecified atom stereocenters. The first-order chi connectivity index (χ1) is 14.1. The van der Waals surface area contributed by atoms with Gasteiger partial charge in [0.15, 0.2) is 25.1 Å². The zero-order chi connectivity index (χ0) is 21.0. The molecule has 0 heterocycles. The lowest BCUT2D eigenvalue weighted by molar-refractivity contribution is 0.0694. The van der Waals surface area contributed by atoms with Gasteiger partial charge < -0.3 is 5.11 Å². The van der Waals surface area contributed by atoms with Crippen molar-refractivity contribution in [3.8, 4) is 22.3 Å². The van der Waals surface area contributed by atoms with Gasteiger partial charge in [0.1, 0.15) is 0 Å². The molecule has 0 atom stereocenters. The number of rotatable bonds is 7. The molecule has 0 aromatic heterocycles. The van der Waals surface area contributed by atoms with Crippen LogP contribution >= 0.6 is 0 Å². The van der Waals surface area contributed by atoms with Gasteiger partial charge in [-0.25, -0.2) is 4.79 Å². The number of carbonyl (C=O) groups is 5. The molecule has 6 nitrogen and oxygen atoms in total. The minimum absolute atomic E-state index is 0.0817. The van der Waals surface area contributed by atoms with Crippen molar-refractivity contribution in [2.75, 3.05) is 0 Å². The van der Waals surface area contributed by atoms with E-state index in [2.05, 4.69) is 0 Å². The maximum Gasteiger partial charge on any atom is 0.337 e. The molecule has 0 amide bonds. The lowest BCUT2D eigenvalue weighted by Crippen LogP contribution is -2.14. The van der Waals surface area contributed by atoms with Gasteiger partial charge in [-0.2, -0.15) is 0 Å². The average molecular weight is 386 g/mol. The maximum absolute atomic E-state index is 12.1. The first-order valence-electron chi connectivity index (χ1n) is 8.51. The molecule has 29 heavy (non-hydrogen) atoms. The molecular formula is C23H14O6. The van der Waals surface area contributed by atoms with E-state index in [4.69, 9.17) is 0 Å². The SMILES string of the molecule is O=Cc1c(C=O)c(C=O)c(-c2ccccc2-c2ccccc2)c(C(=O)O)c1C=O. The Hall–Kier alpha value is -4.19. The zero-order valence-electron chi connectivity index (χ0n) is 15.0. The summed E-state index contributed by atoms with van der Waals surface area (Å²) in [6.45, 7) is 0. The van der Waals surface area contributed by atoms with Crippen LogP contribution in [0, 0.1) is 0 Å². The summed E-state index contributed by atoms with van der Waals surface area (Å²) in [4.78, 5) is 58.9. The fraction of sp³-hybridized carbons (Fsp3) is 0. The number of aromatic carboxylic acids is 1. The van der Waals surface area contributed by atoms with Crippen LogP contribution in [0.2, 0.25) is 0 Å². The predicted octanol–water partition coefficient (Wildman–Crippen LogP) is 3.97. The Morgan fingerprint density at radius 3 is 1.62 bits per heavy atom. The Balaban J connectivity index is 2.57. The molecule has 0 aliphatic rings. The number of carbonyl (C=O) groups excluding carboxylic acids is 4. The van der Waals surface area contributed by atoms with Gasteiger partial charge in [0, 0.05) is 27.8 Å². The highest BCUT2D eigenvalue weighted by Crippen LogP contribution is 2.39. The number of aldehydes is 4. The maximum atomic E-state index is 12.1. The predicted molar refractivity (Wildman–Crippen MR) is 106 cm³/mol. The molecule has 1 N–H and O–H groups in total. The number of carboxylic acids is 1. The number of hydrogen-bond donors (Lipinski definition) is 1. The lowest BCUT2D eigenvalue weighted by atomic mass is 9.82. The molecule has 0 bridgehead atoms. The van der Waals surface area contributed by atoms with Crippen molar-refractivity contribution in [1.82, 2.24) is 0 Å². The third kappa shape index (κ3) is 3.27. The van der Waals surface area contributed by atoms with Gasteiger partial charge in [0.05, 0.1) is 5.56 Å². The fourth-order valence-corrected chi connectivity index (χ4v) is 3.40. The van der Waals surface area contributed by atoms with Crippen LogP contribution in [-0.2, 0) is 0 Å². The summed E-state index contributed by atoms with van der Waals surface area (Å²) >= 11 is 0. The van der Waals surface area contributed by atoms with Crippen LogP contribution in [-0.4, -0.2) is 36.2 Å².